The van der Waals surface area contributed by atoms with Crippen LogP contribution in [0.15, 0.2) is 59.7 Å². The van der Waals surface area contributed by atoms with E-state index in [9.17, 15) is 9.59 Å². The predicted octanol–water partition coefficient (Wildman–Crippen LogP) is 2.63. The SMILES string of the molecule is NC(=O)NN=C(COc1ccc(Cl)cc1)C(=O)c1ccccc1. The number of carbonyl (C=O) groups is 2. The zero-order chi connectivity index (χ0) is 16.7. The molecule has 0 heterocycles. The van der Waals surface area contributed by atoms with Gasteiger partial charge in [-0.15, -0.1) is 0 Å². The molecule has 2 aromatic carbocycles. The third-order valence-electron chi connectivity index (χ3n) is 2.79. The Balaban J connectivity index is 2.14. The van der Waals surface area contributed by atoms with Crippen molar-refractivity contribution < 1.29 is 14.3 Å². The summed E-state index contributed by atoms with van der Waals surface area (Å²) in [6, 6.07) is 14.3. The molecule has 0 fully saturated rings. The van der Waals surface area contributed by atoms with Gasteiger partial charge >= 0.3 is 6.03 Å². The van der Waals surface area contributed by atoms with Gasteiger partial charge in [-0.1, -0.05) is 41.9 Å². The molecule has 0 aromatic heterocycles. The molecule has 0 spiro atoms. The summed E-state index contributed by atoms with van der Waals surface area (Å²) < 4.78 is 5.50. The summed E-state index contributed by atoms with van der Waals surface area (Å²) in [4.78, 5) is 23.2. The lowest BCUT2D eigenvalue weighted by molar-refractivity contribution is 0.106. The molecule has 0 bridgehead atoms. The highest BCUT2D eigenvalue weighted by atomic mass is 35.5. The number of nitrogens with two attached hydrogens (primary N) is 1. The highest BCUT2D eigenvalue weighted by Crippen LogP contribution is 2.15. The maximum atomic E-state index is 12.4. The largest absolute Gasteiger partial charge is 0.487 e. The van der Waals surface area contributed by atoms with Crippen molar-refractivity contribution in [2.24, 2.45) is 10.8 Å². The zero-order valence-corrected chi connectivity index (χ0v) is 12.8. The molecule has 23 heavy (non-hydrogen) atoms. The molecule has 7 heteroatoms. The molecule has 0 radical (unpaired) electrons. The second-order valence-electron chi connectivity index (χ2n) is 4.47. The van der Waals surface area contributed by atoms with Gasteiger partial charge in [-0.05, 0) is 24.3 Å². The summed E-state index contributed by atoms with van der Waals surface area (Å²) in [7, 11) is 0. The Morgan fingerprint density at radius 2 is 1.74 bits per heavy atom. The molecule has 3 N–H and O–H groups in total. The smallest absolute Gasteiger partial charge is 0.332 e. The van der Waals surface area contributed by atoms with Gasteiger partial charge in [0.25, 0.3) is 0 Å². The minimum Gasteiger partial charge on any atom is -0.487 e. The van der Waals surface area contributed by atoms with Crippen molar-refractivity contribution in [3.8, 4) is 5.75 Å². The van der Waals surface area contributed by atoms with Gasteiger partial charge in [-0.2, -0.15) is 5.10 Å². The van der Waals surface area contributed by atoms with Gasteiger partial charge in [0.1, 0.15) is 18.1 Å². The number of rotatable bonds is 6. The molecule has 0 atom stereocenters. The van der Waals surface area contributed by atoms with Crippen LogP contribution in [0.5, 0.6) is 5.75 Å². The molecule has 6 nitrogen and oxygen atoms in total. The molecule has 2 rings (SSSR count). The molecule has 0 unspecified atom stereocenters. The van der Waals surface area contributed by atoms with Crippen LogP contribution in [0.25, 0.3) is 0 Å². The van der Waals surface area contributed by atoms with Gasteiger partial charge in [0.2, 0.25) is 5.78 Å². The molecular weight excluding hydrogens is 318 g/mol. The first-order valence-electron chi connectivity index (χ1n) is 6.66. The number of ketones is 1. The van der Waals surface area contributed by atoms with E-state index >= 15 is 0 Å². The van der Waals surface area contributed by atoms with Gasteiger partial charge in [-0.3, -0.25) is 4.79 Å². The van der Waals surface area contributed by atoms with Gasteiger partial charge in [0, 0.05) is 10.6 Å². The lowest BCUT2D eigenvalue weighted by Gasteiger charge is -2.09. The Morgan fingerprint density at radius 3 is 2.35 bits per heavy atom. The highest BCUT2D eigenvalue weighted by molar-refractivity contribution is 6.46. The van der Waals surface area contributed by atoms with Crippen molar-refractivity contribution in [1.29, 1.82) is 0 Å². The van der Waals surface area contributed by atoms with Gasteiger partial charge in [0.15, 0.2) is 0 Å². The first-order chi connectivity index (χ1) is 11.1. The number of urea groups is 1. The van der Waals surface area contributed by atoms with E-state index in [0.29, 0.717) is 16.3 Å². The maximum absolute atomic E-state index is 12.4. The van der Waals surface area contributed by atoms with Gasteiger partial charge < -0.3 is 10.5 Å². The second kappa shape index (κ2) is 7.95. The Labute approximate surface area is 137 Å². The van der Waals surface area contributed by atoms with Crippen molar-refractivity contribution in [1.82, 2.24) is 5.43 Å². The quantitative estimate of drug-likeness (QED) is 0.484. The van der Waals surface area contributed by atoms with E-state index in [1.54, 1.807) is 54.6 Å². The number of hydrogen-bond donors (Lipinski definition) is 2. The average molecular weight is 332 g/mol. The van der Waals surface area contributed by atoms with E-state index in [1.807, 2.05) is 5.43 Å². The van der Waals surface area contributed by atoms with E-state index in [4.69, 9.17) is 22.1 Å². The Kier molecular flexibility index (Phi) is 5.71. The number of halogens is 1. The van der Waals surface area contributed by atoms with Gasteiger partial charge in [0.05, 0.1) is 0 Å². The first kappa shape index (κ1) is 16.5. The van der Waals surface area contributed by atoms with Crippen molar-refractivity contribution >= 4 is 29.1 Å². The van der Waals surface area contributed by atoms with Crippen LogP contribution < -0.4 is 15.9 Å². The van der Waals surface area contributed by atoms with Crippen LogP contribution in [0.3, 0.4) is 0 Å². The number of hydrogen-bond acceptors (Lipinski definition) is 4. The van der Waals surface area contributed by atoms with E-state index in [1.165, 1.54) is 0 Å². The molecule has 0 saturated carbocycles. The number of ether oxygens (including phenoxy) is 1. The van der Waals surface area contributed by atoms with Crippen molar-refractivity contribution in [3.05, 3.63) is 65.2 Å². The number of nitrogens with one attached hydrogen (secondary N) is 1. The normalized spacial score (nSPS) is 10.9. The molecular formula is C16H14ClN3O3. The first-order valence-corrected chi connectivity index (χ1v) is 7.04. The number of benzene rings is 2. The Hall–Kier alpha value is -2.86. The molecule has 0 saturated heterocycles. The van der Waals surface area contributed by atoms with Crippen LogP contribution in [0.4, 0.5) is 4.79 Å². The van der Waals surface area contributed by atoms with E-state index in [-0.39, 0.29) is 18.1 Å². The van der Waals surface area contributed by atoms with Crippen LogP contribution in [0.1, 0.15) is 10.4 Å². The minimum absolute atomic E-state index is 0.0185. The molecule has 2 aromatic rings. The molecule has 118 valence electrons. The van der Waals surface area contributed by atoms with E-state index < -0.39 is 6.03 Å². The maximum Gasteiger partial charge on any atom is 0.332 e. The number of amides is 2. The van der Waals surface area contributed by atoms with Crippen molar-refractivity contribution in [3.63, 3.8) is 0 Å². The van der Waals surface area contributed by atoms with Crippen LogP contribution in [-0.2, 0) is 0 Å². The summed E-state index contributed by atoms with van der Waals surface area (Å²) in [5.41, 5.74) is 7.47. The van der Waals surface area contributed by atoms with Crippen molar-refractivity contribution in [2.45, 2.75) is 0 Å². The molecule has 2 amide bonds. The lowest BCUT2D eigenvalue weighted by Crippen LogP contribution is -2.30. The van der Waals surface area contributed by atoms with Crippen molar-refractivity contribution in [2.75, 3.05) is 6.61 Å². The standard InChI is InChI=1S/C16H14ClN3O3/c17-12-6-8-13(9-7-12)23-10-14(19-20-16(18)22)15(21)11-4-2-1-3-5-11/h1-9H,10H2,(H3,18,20,22). The summed E-state index contributed by atoms with van der Waals surface area (Å²) in [6.45, 7) is -0.129. The number of carbonyl (C=O) groups excluding carboxylic acids is 2. The lowest BCUT2D eigenvalue weighted by atomic mass is 10.1. The monoisotopic (exact) mass is 331 g/mol. The molecule has 0 aliphatic rings. The summed E-state index contributed by atoms with van der Waals surface area (Å²) in [5, 5.41) is 4.29. The summed E-state index contributed by atoms with van der Waals surface area (Å²) in [6.07, 6.45) is 0. The van der Waals surface area contributed by atoms with Crippen LogP contribution in [-0.4, -0.2) is 24.1 Å². The number of Topliss-reactive ketones (excluding diaryl/α,β-unsaturated/α-hetero) is 1. The summed E-state index contributed by atoms with van der Waals surface area (Å²) in [5.74, 6) is 0.148. The van der Waals surface area contributed by atoms with E-state index in [0.717, 1.165) is 0 Å². The van der Waals surface area contributed by atoms with Crippen LogP contribution in [0, 0.1) is 0 Å². The third kappa shape index (κ3) is 5.12. The fraction of sp³-hybridized carbons (Fsp3) is 0.0625. The topological polar surface area (TPSA) is 93.8 Å². The number of primary amides is 1. The fourth-order valence-corrected chi connectivity index (χ4v) is 1.84. The fourth-order valence-electron chi connectivity index (χ4n) is 1.71. The summed E-state index contributed by atoms with van der Waals surface area (Å²) >= 11 is 5.79. The van der Waals surface area contributed by atoms with Crippen LogP contribution >= 0.6 is 11.6 Å². The number of nitrogens with zero attached hydrogens (tertiary/aromatic N) is 1. The molecule has 0 aliphatic heterocycles. The zero-order valence-electron chi connectivity index (χ0n) is 12.0. The van der Waals surface area contributed by atoms with Gasteiger partial charge in [-0.25, -0.2) is 10.2 Å². The highest BCUT2D eigenvalue weighted by Gasteiger charge is 2.15. The van der Waals surface area contributed by atoms with Crippen LogP contribution in [0.2, 0.25) is 5.02 Å². The van der Waals surface area contributed by atoms with E-state index in [2.05, 4.69) is 5.10 Å². The number of hydrazone groups is 1. The Bertz CT molecular complexity index is 715. The predicted molar refractivity (Wildman–Crippen MR) is 87.9 cm³/mol. The third-order valence-corrected chi connectivity index (χ3v) is 3.04. The average Bonchev–Trinajstić information content (AvgIpc) is 2.56. The minimum atomic E-state index is -0.866. The molecule has 0 aliphatic carbocycles. The Morgan fingerprint density at radius 1 is 1.09 bits per heavy atom. The second-order valence-corrected chi connectivity index (χ2v) is 4.91.